The molecule has 26 heavy (non-hydrogen) atoms. The van der Waals surface area contributed by atoms with Crippen molar-refractivity contribution in [2.24, 2.45) is 0 Å². The van der Waals surface area contributed by atoms with Gasteiger partial charge in [0.1, 0.15) is 6.61 Å². The van der Waals surface area contributed by atoms with Crippen LogP contribution in [0.15, 0.2) is 41.8 Å². The summed E-state index contributed by atoms with van der Waals surface area (Å²) in [5, 5.41) is 4.78. The van der Waals surface area contributed by atoms with Gasteiger partial charge in [0.25, 0.3) is 5.91 Å². The molecule has 1 aliphatic heterocycles. The number of hydrogen-bond acceptors (Lipinski definition) is 7. The second-order valence-corrected chi connectivity index (χ2v) is 7.59. The lowest BCUT2D eigenvalue weighted by atomic mass is 10.2. The van der Waals surface area contributed by atoms with E-state index >= 15 is 0 Å². The van der Waals surface area contributed by atoms with E-state index in [0.717, 1.165) is 11.5 Å². The minimum Gasteiger partial charge on any atom is -0.485 e. The standard InChI is InChI=1S/C18H19NO5S2/c20-17(19-7-9-25-12-13-4-3-8-26-13)11-23-18(21)16-10-22-14-5-1-2-6-15(14)24-16/h1-6,8,16H,7,9-12H2,(H,19,20)/t16-/m1/s1. The van der Waals surface area contributed by atoms with Crippen LogP contribution in [0.4, 0.5) is 0 Å². The first kappa shape index (κ1) is 18.6. The molecule has 2 aromatic rings. The fraction of sp³-hybridized carbons (Fsp3) is 0.333. The smallest absolute Gasteiger partial charge is 0.351 e. The summed E-state index contributed by atoms with van der Waals surface area (Å²) >= 11 is 3.47. The number of thioether (sulfide) groups is 1. The molecule has 1 atom stereocenters. The van der Waals surface area contributed by atoms with Crippen LogP contribution in [0.25, 0.3) is 0 Å². The van der Waals surface area contributed by atoms with Crippen molar-refractivity contribution in [3.05, 3.63) is 46.7 Å². The molecule has 0 saturated carbocycles. The van der Waals surface area contributed by atoms with Crippen molar-refractivity contribution < 1.29 is 23.8 Å². The molecule has 0 unspecified atom stereocenters. The molecular weight excluding hydrogens is 374 g/mol. The van der Waals surface area contributed by atoms with Gasteiger partial charge in [-0.2, -0.15) is 11.8 Å². The van der Waals surface area contributed by atoms with Crippen molar-refractivity contribution in [1.82, 2.24) is 5.32 Å². The summed E-state index contributed by atoms with van der Waals surface area (Å²) in [5.41, 5.74) is 0. The summed E-state index contributed by atoms with van der Waals surface area (Å²) in [5.74, 6) is 1.88. The zero-order valence-electron chi connectivity index (χ0n) is 14.0. The summed E-state index contributed by atoms with van der Waals surface area (Å²) in [7, 11) is 0. The molecule has 1 amide bonds. The fourth-order valence-corrected chi connectivity index (χ4v) is 3.95. The summed E-state index contributed by atoms with van der Waals surface area (Å²) in [6, 6.07) is 11.2. The summed E-state index contributed by atoms with van der Waals surface area (Å²) in [6.07, 6.45) is -0.862. The molecule has 0 saturated heterocycles. The maximum atomic E-state index is 12.0. The van der Waals surface area contributed by atoms with Crippen LogP contribution in [0.3, 0.4) is 0 Å². The quantitative estimate of drug-likeness (QED) is 0.549. The summed E-state index contributed by atoms with van der Waals surface area (Å²) < 4.78 is 16.0. The largest absolute Gasteiger partial charge is 0.485 e. The molecule has 2 heterocycles. The highest BCUT2D eigenvalue weighted by Gasteiger charge is 2.29. The zero-order valence-corrected chi connectivity index (χ0v) is 15.6. The first-order chi connectivity index (χ1) is 12.7. The minimum absolute atomic E-state index is 0.0663. The van der Waals surface area contributed by atoms with Crippen molar-refractivity contribution in [3.8, 4) is 11.5 Å². The molecule has 1 aliphatic rings. The molecule has 1 aromatic heterocycles. The number of esters is 1. The molecule has 8 heteroatoms. The Labute approximate surface area is 159 Å². The van der Waals surface area contributed by atoms with Crippen molar-refractivity contribution in [3.63, 3.8) is 0 Å². The van der Waals surface area contributed by atoms with E-state index in [2.05, 4.69) is 11.4 Å². The third kappa shape index (κ3) is 5.40. The van der Waals surface area contributed by atoms with Crippen molar-refractivity contribution in [1.29, 1.82) is 0 Å². The lowest BCUT2D eigenvalue weighted by Gasteiger charge is -2.24. The van der Waals surface area contributed by atoms with Gasteiger partial charge in [-0.15, -0.1) is 11.3 Å². The number of para-hydroxylation sites is 2. The summed E-state index contributed by atoms with van der Waals surface area (Å²) in [6.45, 7) is 0.273. The zero-order chi connectivity index (χ0) is 18.2. The second kappa shape index (κ2) is 9.49. The monoisotopic (exact) mass is 393 g/mol. The Bertz CT molecular complexity index is 735. The Kier molecular flexibility index (Phi) is 6.79. The van der Waals surface area contributed by atoms with Crippen LogP contribution in [0.1, 0.15) is 4.88 Å². The van der Waals surface area contributed by atoms with Gasteiger partial charge in [0, 0.05) is 22.9 Å². The Morgan fingerprint density at radius 2 is 2.08 bits per heavy atom. The number of carbonyl (C=O) groups excluding carboxylic acids is 2. The molecule has 3 rings (SSSR count). The highest BCUT2D eigenvalue weighted by molar-refractivity contribution is 7.98. The van der Waals surface area contributed by atoms with E-state index in [4.69, 9.17) is 14.2 Å². The van der Waals surface area contributed by atoms with Gasteiger partial charge in [0.2, 0.25) is 6.10 Å². The van der Waals surface area contributed by atoms with E-state index in [9.17, 15) is 9.59 Å². The predicted octanol–water partition coefficient (Wildman–Crippen LogP) is 2.48. The molecule has 0 bridgehead atoms. The number of fused-ring (bicyclic) bond motifs is 1. The molecule has 1 N–H and O–H groups in total. The van der Waals surface area contributed by atoms with Crippen molar-refractivity contribution >= 4 is 35.0 Å². The average molecular weight is 393 g/mol. The topological polar surface area (TPSA) is 73.9 Å². The van der Waals surface area contributed by atoms with Gasteiger partial charge in [-0.25, -0.2) is 4.79 Å². The van der Waals surface area contributed by atoms with Crippen LogP contribution in [0.2, 0.25) is 0 Å². The van der Waals surface area contributed by atoms with Crippen molar-refractivity contribution in [2.75, 3.05) is 25.5 Å². The van der Waals surface area contributed by atoms with Gasteiger partial charge < -0.3 is 19.5 Å². The number of hydrogen-bond donors (Lipinski definition) is 1. The van der Waals surface area contributed by atoms with Crippen LogP contribution in [-0.4, -0.2) is 43.5 Å². The van der Waals surface area contributed by atoms with Crippen LogP contribution in [0, 0.1) is 0 Å². The lowest BCUT2D eigenvalue weighted by molar-refractivity contribution is -0.157. The molecular formula is C18H19NO5S2. The van der Waals surface area contributed by atoms with Crippen LogP contribution < -0.4 is 14.8 Å². The van der Waals surface area contributed by atoms with Gasteiger partial charge in [0.05, 0.1) is 0 Å². The number of benzene rings is 1. The third-order valence-corrected chi connectivity index (χ3v) is 5.58. The molecule has 0 radical (unpaired) electrons. The van der Waals surface area contributed by atoms with E-state index in [1.807, 2.05) is 17.5 Å². The Balaban J connectivity index is 1.30. The maximum Gasteiger partial charge on any atom is 0.351 e. The van der Waals surface area contributed by atoms with Gasteiger partial charge in [0.15, 0.2) is 18.1 Å². The highest BCUT2D eigenvalue weighted by Crippen LogP contribution is 2.31. The van der Waals surface area contributed by atoms with Gasteiger partial charge in [-0.05, 0) is 23.6 Å². The molecule has 1 aromatic carbocycles. The fourth-order valence-electron chi connectivity index (χ4n) is 2.25. The Hall–Kier alpha value is -2.19. The van der Waals surface area contributed by atoms with E-state index in [1.165, 1.54) is 4.88 Å². The van der Waals surface area contributed by atoms with Crippen LogP contribution in [0.5, 0.6) is 11.5 Å². The highest BCUT2D eigenvalue weighted by atomic mass is 32.2. The van der Waals surface area contributed by atoms with E-state index in [0.29, 0.717) is 18.0 Å². The van der Waals surface area contributed by atoms with E-state index in [-0.39, 0.29) is 19.1 Å². The third-order valence-electron chi connectivity index (χ3n) is 3.51. The average Bonchev–Trinajstić information content (AvgIpc) is 3.19. The number of thiophene rings is 1. The molecule has 6 nitrogen and oxygen atoms in total. The first-order valence-electron chi connectivity index (χ1n) is 8.14. The molecule has 0 aliphatic carbocycles. The molecule has 0 fully saturated rings. The number of amides is 1. The Morgan fingerprint density at radius 3 is 2.88 bits per heavy atom. The van der Waals surface area contributed by atoms with Gasteiger partial charge in [-0.3, -0.25) is 4.79 Å². The molecule has 138 valence electrons. The van der Waals surface area contributed by atoms with Crippen LogP contribution >= 0.6 is 23.1 Å². The first-order valence-corrected chi connectivity index (χ1v) is 10.2. The van der Waals surface area contributed by atoms with Crippen LogP contribution in [-0.2, 0) is 20.1 Å². The number of ether oxygens (including phenoxy) is 3. The lowest BCUT2D eigenvalue weighted by Crippen LogP contribution is -2.40. The van der Waals surface area contributed by atoms with Gasteiger partial charge >= 0.3 is 5.97 Å². The second-order valence-electron chi connectivity index (χ2n) is 5.45. The number of carbonyl (C=O) groups is 2. The van der Waals surface area contributed by atoms with E-state index < -0.39 is 12.1 Å². The predicted molar refractivity (Wildman–Crippen MR) is 101 cm³/mol. The number of nitrogens with one attached hydrogen (secondary N) is 1. The Morgan fingerprint density at radius 1 is 1.23 bits per heavy atom. The van der Waals surface area contributed by atoms with Gasteiger partial charge in [-0.1, -0.05) is 18.2 Å². The summed E-state index contributed by atoms with van der Waals surface area (Å²) in [4.78, 5) is 25.1. The normalized spacial score (nSPS) is 15.3. The van der Waals surface area contributed by atoms with E-state index in [1.54, 1.807) is 41.3 Å². The number of rotatable bonds is 8. The SMILES string of the molecule is O=C(COC(=O)[C@H]1COc2ccccc2O1)NCCSCc1cccs1. The minimum atomic E-state index is -0.862. The van der Waals surface area contributed by atoms with Crippen molar-refractivity contribution in [2.45, 2.75) is 11.9 Å². The maximum absolute atomic E-state index is 12.0. The molecule has 0 spiro atoms.